The quantitative estimate of drug-likeness (QED) is 0.701. The fraction of sp³-hybridized carbons (Fsp3) is 0.409. The van der Waals surface area contributed by atoms with Gasteiger partial charge in [-0.2, -0.15) is 0 Å². The van der Waals surface area contributed by atoms with Crippen molar-refractivity contribution in [2.45, 2.75) is 30.2 Å². The molecule has 2 fully saturated rings. The van der Waals surface area contributed by atoms with E-state index in [1.165, 1.54) is 4.31 Å². The number of fused-ring (bicyclic) bond motifs is 2. The third-order valence-electron chi connectivity index (χ3n) is 6.54. The van der Waals surface area contributed by atoms with Crippen LogP contribution in [0.1, 0.15) is 28.8 Å². The van der Waals surface area contributed by atoms with Crippen molar-refractivity contribution in [1.82, 2.24) is 9.80 Å². The smallest absolute Gasteiger partial charge is 0.267 e. The van der Waals surface area contributed by atoms with E-state index in [4.69, 9.17) is 11.6 Å². The first kappa shape index (κ1) is 20.7. The minimum Gasteiger partial charge on any atom is -0.336 e. The molecule has 2 aromatic carbocycles. The third kappa shape index (κ3) is 3.50. The Balaban J connectivity index is 1.48. The number of para-hydroxylation sites is 1. The van der Waals surface area contributed by atoms with Crippen molar-refractivity contribution in [3.8, 4) is 0 Å². The van der Waals surface area contributed by atoms with Gasteiger partial charge >= 0.3 is 0 Å². The number of nitrogens with zero attached hydrogens (tertiary/aromatic N) is 3. The molecule has 3 aliphatic rings. The van der Waals surface area contributed by atoms with Crippen LogP contribution in [0.2, 0.25) is 5.02 Å². The Morgan fingerprint density at radius 2 is 1.90 bits per heavy atom. The molecule has 0 bridgehead atoms. The maximum absolute atomic E-state index is 14.8. The molecule has 5 rings (SSSR count). The lowest BCUT2D eigenvalue weighted by molar-refractivity contribution is 0.0571. The van der Waals surface area contributed by atoms with Crippen LogP contribution in [0.15, 0.2) is 41.3 Å². The van der Waals surface area contributed by atoms with Gasteiger partial charge in [-0.3, -0.25) is 14.0 Å². The molecule has 31 heavy (non-hydrogen) atoms. The van der Waals surface area contributed by atoms with E-state index >= 15 is 0 Å². The summed E-state index contributed by atoms with van der Waals surface area (Å²) >= 11 is 6.21. The van der Waals surface area contributed by atoms with E-state index in [9.17, 15) is 17.6 Å². The number of hydrogen-bond acceptors (Lipinski definition) is 4. The fourth-order valence-corrected chi connectivity index (χ4v) is 6.72. The first-order chi connectivity index (χ1) is 14.9. The maximum atomic E-state index is 14.8. The van der Waals surface area contributed by atoms with Gasteiger partial charge in [0.25, 0.3) is 15.9 Å². The Morgan fingerprint density at radius 3 is 2.74 bits per heavy atom. The summed E-state index contributed by atoms with van der Waals surface area (Å²) in [6, 6.07) is 9.54. The monoisotopic (exact) mass is 463 g/mol. The molecule has 1 amide bonds. The van der Waals surface area contributed by atoms with E-state index in [0.717, 1.165) is 43.6 Å². The number of amides is 1. The highest BCUT2D eigenvalue weighted by molar-refractivity contribution is 7.92. The van der Waals surface area contributed by atoms with Crippen LogP contribution in [-0.4, -0.2) is 62.9 Å². The van der Waals surface area contributed by atoms with Gasteiger partial charge in [0.05, 0.1) is 16.3 Å². The Hall–Kier alpha value is -2.16. The Bertz CT molecular complexity index is 1160. The zero-order valence-electron chi connectivity index (χ0n) is 16.9. The van der Waals surface area contributed by atoms with Gasteiger partial charge in [-0.05, 0) is 49.6 Å². The SMILES string of the molecule is O=C(c1cc(S(=O)(=O)N2CCc3ccccc32)c(F)cc1Cl)N1CCN2CCC[C@@H]2C1. The van der Waals surface area contributed by atoms with Crippen molar-refractivity contribution in [3.63, 3.8) is 0 Å². The molecule has 0 radical (unpaired) electrons. The highest BCUT2D eigenvalue weighted by atomic mass is 35.5. The van der Waals surface area contributed by atoms with Crippen molar-refractivity contribution in [1.29, 1.82) is 0 Å². The molecule has 0 unspecified atom stereocenters. The van der Waals surface area contributed by atoms with Crippen molar-refractivity contribution < 1.29 is 17.6 Å². The summed E-state index contributed by atoms with van der Waals surface area (Å²) in [4.78, 5) is 16.8. The lowest BCUT2D eigenvalue weighted by Crippen LogP contribution is -2.52. The van der Waals surface area contributed by atoms with Crippen LogP contribution >= 0.6 is 11.6 Å². The summed E-state index contributed by atoms with van der Waals surface area (Å²) in [5, 5.41) is -0.0721. The second-order valence-electron chi connectivity index (χ2n) is 8.30. The second kappa shape index (κ2) is 7.76. The topological polar surface area (TPSA) is 60.9 Å². The Morgan fingerprint density at radius 1 is 1.10 bits per heavy atom. The number of rotatable bonds is 3. The first-order valence-electron chi connectivity index (χ1n) is 10.5. The van der Waals surface area contributed by atoms with Crippen molar-refractivity contribution >= 4 is 33.2 Å². The number of piperazine rings is 1. The normalized spacial score (nSPS) is 21.3. The van der Waals surface area contributed by atoms with Gasteiger partial charge < -0.3 is 4.90 Å². The average Bonchev–Trinajstić information content (AvgIpc) is 3.39. The van der Waals surface area contributed by atoms with Crippen LogP contribution in [0.5, 0.6) is 0 Å². The third-order valence-corrected chi connectivity index (χ3v) is 8.68. The summed E-state index contributed by atoms with van der Waals surface area (Å²) < 4.78 is 42.7. The van der Waals surface area contributed by atoms with Crippen LogP contribution in [0, 0.1) is 5.82 Å². The van der Waals surface area contributed by atoms with E-state index in [1.54, 1.807) is 17.0 Å². The Labute approximate surface area is 186 Å². The van der Waals surface area contributed by atoms with Crippen molar-refractivity contribution in [3.05, 3.63) is 58.4 Å². The number of anilines is 1. The molecule has 0 aliphatic carbocycles. The minimum atomic E-state index is -4.18. The van der Waals surface area contributed by atoms with Crippen LogP contribution in [0.3, 0.4) is 0 Å². The molecule has 0 N–H and O–H groups in total. The summed E-state index contributed by atoms with van der Waals surface area (Å²) in [6.45, 7) is 3.18. The average molecular weight is 464 g/mol. The van der Waals surface area contributed by atoms with E-state index in [2.05, 4.69) is 4.90 Å². The minimum absolute atomic E-state index is 0.0283. The van der Waals surface area contributed by atoms with Crippen LogP contribution in [0.4, 0.5) is 10.1 Å². The van der Waals surface area contributed by atoms with Gasteiger partial charge in [-0.15, -0.1) is 0 Å². The zero-order chi connectivity index (χ0) is 21.8. The van der Waals surface area contributed by atoms with E-state index in [1.807, 2.05) is 12.1 Å². The molecule has 1 atom stereocenters. The molecule has 9 heteroatoms. The van der Waals surface area contributed by atoms with E-state index in [-0.39, 0.29) is 23.0 Å². The molecular weight excluding hydrogens is 441 g/mol. The number of benzene rings is 2. The number of halogens is 2. The van der Waals surface area contributed by atoms with Crippen molar-refractivity contribution in [2.75, 3.05) is 37.0 Å². The molecule has 2 saturated heterocycles. The second-order valence-corrected chi connectivity index (χ2v) is 10.5. The highest BCUT2D eigenvalue weighted by Gasteiger charge is 2.36. The summed E-state index contributed by atoms with van der Waals surface area (Å²) in [7, 11) is -4.18. The summed E-state index contributed by atoms with van der Waals surface area (Å²) in [5.41, 5.74) is 1.47. The lowest BCUT2D eigenvalue weighted by Gasteiger charge is -2.37. The van der Waals surface area contributed by atoms with Gasteiger partial charge in [0.1, 0.15) is 10.7 Å². The zero-order valence-corrected chi connectivity index (χ0v) is 18.5. The predicted molar refractivity (Wildman–Crippen MR) is 117 cm³/mol. The maximum Gasteiger partial charge on any atom is 0.267 e. The number of sulfonamides is 1. The molecule has 3 heterocycles. The summed E-state index contributed by atoms with van der Waals surface area (Å²) in [5.74, 6) is -1.30. The van der Waals surface area contributed by atoms with Gasteiger partial charge in [-0.25, -0.2) is 12.8 Å². The van der Waals surface area contributed by atoms with Crippen molar-refractivity contribution in [2.24, 2.45) is 0 Å². The molecule has 0 saturated carbocycles. The van der Waals surface area contributed by atoms with E-state index < -0.39 is 20.7 Å². The van der Waals surface area contributed by atoms with Gasteiger partial charge in [0.2, 0.25) is 0 Å². The molecule has 2 aromatic rings. The number of carbonyl (C=O) groups excluding carboxylic acids is 1. The lowest BCUT2D eigenvalue weighted by atomic mass is 10.1. The van der Waals surface area contributed by atoms with Gasteiger partial charge in [0.15, 0.2) is 0 Å². The molecule has 164 valence electrons. The van der Waals surface area contributed by atoms with E-state index in [0.29, 0.717) is 31.2 Å². The molecule has 6 nitrogen and oxygen atoms in total. The van der Waals surface area contributed by atoms with Crippen LogP contribution in [0.25, 0.3) is 0 Å². The number of hydrogen-bond donors (Lipinski definition) is 0. The number of carbonyl (C=O) groups is 1. The van der Waals surface area contributed by atoms with Gasteiger partial charge in [-0.1, -0.05) is 29.8 Å². The van der Waals surface area contributed by atoms with Crippen LogP contribution in [-0.2, 0) is 16.4 Å². The highest BCUT2D eigenvalue weighted by Crippen LogP contribution is 2.35. The standard InChI is InChI=1S/C22H23ClFN3O3S/c23-18-13-19(24)21(31(29,30)27-9-7-15-4-1-2-6-20(15)27)12-17(18)22(28)26-11-10-25-8-3-5-16(25)14-26/h1-2,4,6,12-13,16H,3,5,7-11,14H2/t16-/m1/s1. The van der Waals surface area contributed by atoms with Gasteiger partial charge in [0, 0.05) is 32.2 Å². The Kier molecular flexibility index (Phi) is 5.19. The largest absolute Gasteiger partial charge is 0.336 e. The first-order valence-corrected chi connectivity index (χ1v) is 12.3. The predicted octanol–water partition coefficient (Wildman–Crippen LogP) is 3.15. The summed E-state index contributed by atoms with van der Waals surface area (Å²) in [6.07, 6.45) is 2.71. The molecule has 3 aliphatic heterocycles. The molecule has 0 spiro atoms. The molecular formula is C22H23ClFN3O3S. The fourth-order valence-electron chi connectivity index (χ4n) is 4.91. The van der Waals surface area contributed by atoms with Crippen LogP contribution < -0.4 is 4.31 Å². The molecule has 0 aromatic heterocycles.